The summed E-state index contributed by atoms with van der Waals surface area (Å²) < 4.78 is 1.89. The molecular weight excluding hydrogens is 278 g/mol. The number of hydrogen-bond donors (Lipinski definition) is 1. The van der Waals surface area contributed by atoms with Gasteiger partial charge in [-0.1, -0.05) is 6.07 Å². The van der Waals surface area contributed by atoms with E-state index in [0.717, 1.165) is 31.7 Å². The van der Waals surface area contributed by atoms with E-state index in [2.05, 4.69) is 5.32 Å². The molecule has 2 bridgehead atoms. The Hall–Kier alpha value is -1.33. The molecule has 3 rings (SSSR count). The molecule has 20 heavy (non-hydrogen) atoms. The van der Waals surface area contributed by atoms with Crippen LogP contribution in [0.3, 0.4) is 0 Å². The number of likely N-dealkylation sites (N-methyl/N-ethyl adjacent to an activating group) is 1. The normalized spacial score (nSPS) is 23.8. The van der Waals surface area contributed by atoms with Crippen molar-refractivity contribution in [2.75, 3.05) is 26.7 Å². The first kappa shape index (κ1) is 15.1. The van der Waals surface area contributed by atoms with Crippen molar-refractivity contribution < 1.29 is 4.79 Å². The fraction of sp³-hybridized carbons (Fsp3) is 0.571. The third kappa shape index (κ3) is 2.60. The maximum absolute atomic E-state index is 12.0. The number of rotatable bonds is 2. The lowest BCUT2D eigenvalue weighted by molar-refractivity contribution is -0.132. The minimum atomic E-state index is 0. The van der Waals surface area contributed by atoms with Crippen LogP contribution in [0.5, 0.6) is 0 Å². The van der Waals surface area contributed by atoms with Crippen molar-refractivity contribution in [2.24, 2.45) is 5.92 Å². The van der Waals surface area contributed by atoms with Gasteiger partial charge in [0, 0.05) is 37.3 Å². The standard InChI is InChI=1S/C14H19N3O2.ClH/c1-15-6-14(19)16-7-10-5-11(9-16)12-3-2-4-13(18)17(12)8-10;/h2-4,10-11,15H,5-9H2,1H3;1H/t10-,11-;/m0./s1. The molecule has 110 valence electrons. The third-order valence-electron chi connectivity index (χ3n) is 4.16. The minimum Gasteiger partial charge on any atom is -0.341 e. The highest BCUT2D eigenvalue weighted by Gasteiger charge is 2.35. The summed E-state index contributed by atoms with van der Waals surface area (Å²) in [6, 6.07) is 5.46. The van der Waals surface area contributed by atoms with Gasteiger partial charge < -0.3 is 14.8 Å². The molecule has 5 nitrogen and oxygen atoms in total. The van der Waals surface area contributed by atoms with Crippen LogP contribution >= 0.6 is 12.4 Å². The number of nitrogens with one attached hydrogen (secondary N) is 1. The minimum absolute atomic E-state index is 0. The summed E-state index contributed by atoms with van der Waals surface area (Å²) in [4.78, 5) is 25.8. The molecule has 1 aromatic heterocycles. The van der Waals surface area contributed by atoms with Crippen LogP contribution in [-0.2, 0) is 11.3 Å². The van der Waals surface area contributed by atoms with Crippen molar-refractivity contribution in [3.8, 4) is 0 Å². The number of carbonyl (C=O) groups is 1. The first-order valence-corrected chi connectivity index (χ1v) is 6.81. The number of fused-ring (bicyclic) bond motifs is 4. The van der Waals surface area contributed by atoms with Gasteiger partial charge in [-0.15, -0.1) is 12.4 Å². The number of piperidine rings is 1. The molecule has 1 saturated heterocycles. The van der Waals surface area contributed by atoms with E-state index < -0.39 is 0 Å². The van der Waals surface area contributed by atoms with Crippen LogP contribution in [0.2, 0.25) is 0 Å². The predicted octanol–water partition coefficient (Wildman–Crippen LogP) is 0.435. The highest BCUT2D eigenvalue weighted by atomic mass is 35.5. The smallest absolute Gasteiger partial charge is 0.250 e. The van der Waals surface area contributed by atoms with Gasteiger partial charge in [-0.3, -0.25) is 9.59 Å². The van der Waals surface area contributed by atoms with Crippen LogP contribution in [0, 0.1) is 5.92 Å². The summed E-state index contributed by atoms with van der Waals surface area (Å²) >= 11 is 0. The monoisotopic (exact) mass is 297 g/mol. The summed E-state index contributed by atoms with van der Waals surface area (Å²) in [5.74, 6) is 0.873. The average molecular weight is 298 g/mol. The number of amides is 1. The van der Waals surface area contributed by atoms with Gasteiger partial charge >= 0.3 is 0 Å². The summed E-state index contributed by atoms with van der Waals surface area (Å²) in [6.45, 7) is 2.65. The third-order valence-corrected chi connectivity index (χ3v) is 4.16. The van der Waals surface area contributed by atoms with E-state index in [1.165, 1.54) is 0 Å². The molecule has 0 aliphatic carbocycles. The fourth-order valence-corrected chi connectivity index (χ4v) is 3.36. The number of carbonyl (C=O) groups excluding carboxylic acids is 1. The number of nitrogens with zero attached hydrogens (tertiary/aromatic N) is 2. The number of likely N-dealkylation sites (tertiary alicyclic amines) is 1. The van der Waals surface area contributed by atoms with Crippen LogP contribution in [0.15, 0.2) is 23.0 Å². The Morgan fingerprint density at radius 1 is 1.35 bits per heavy atom. The number of halogens is 1. The molecule has 1 fully saturated rings. The molecule has 0 saturated carbocycles. The summed E-state index contributed by atoms with van der Waals surface area (Å²) in [6.07, 6.45) is 1.09. The molecule has 1 N–H and O–H groups in total. The molecule has 2 aliphatic heterocycles. The topological polar surface area (TPSA) is 54.3 Å². The van der Waals surface area contributed by atoms with Gasteiger partial charge in [0.15, 0.2) is 0 Å². The largest absolute Gasteiger partial charge is 0.341 e. The summed E-state index contributed by atoms with van der Waals surface area (Å²) in [5.41, 5.74) is 1.17. The zero-order valence-electron chi connectivity index (χ0n) is 11.5. The SMILES string of the molecule is CNCC(=O)N1C[C@@H]2C[C@@H](C1)c1cccc(=O)n1C2.Cl. The van der Waals surface area contributed by atoms with E-state index in [4.69, 9.17) is 0 Å². The van der Waals surface area contributed by atoms with Crippen molar-refractivity contribution in [1.29, 1.82) is 0 Å². The van der Waals surface area contributed by atoms with Crippen LogP contribution in [0.4, 0.5) is 0 Å². The number of pyridine rings is 1. The molecular formula is C14H20ClN3O2. The molecule has 6 heteroatoms. The van der Waals surface area contributed by atoms with Crippen molar-refractivity contribution in [1.82, 2.24) is 14.8 Å². The molecule has 0 radical (unpaired) electrons. The molecule has 2 aliphatic rings. The van der Waals surface area contributed by atoms with E-state index in [1.807, 2.05) is 21.6 Å². The van der Waals surface area contributed by atoms with Crippen molar-refractivity contribution in [2.45, 2.75) is 18.9 Å². The Morgan fingerprint density at radius 3 is 2.90 bits per heavy atom. The zero-order valence-corrected chi connectivity index (χ0v) is 12.4. The quantitative estimate of drug-likeness (QED) is 0.862. The highest BCUT2D eigenvalue weighted by Crippen LogP contribution is 2.34. The van der Waals surface area contributed by atoms with Crippen molar-refractivity contribution in [3.63, 3.8) is 0 Å². The second-order valence-corrected chi connectivity index (χ2v) is 5.53. The highest BCUT2D eigenvalue weighted by molar-refractivity contribution is 5.85. The van der Waals surface area contributed by atoms with Gasteiger partial charge in [0.2, 0.25) is 5.91 Å². The van der Waals surface area contributed by atoms with Crippen molar-refractivity contribution in [3.05, 3.63) is 34.2 Å². The predicted molar refractivity (Wildman–Crippen MR) is 79.3 cm³/mol. The first-order valence-electron chi connectivity index (χ1n) is 6.81. The Bertz CT molecular complexity index is 558. The zero-order chi connectivity index (χ0) is 13.4. The molecule has 1 amide bonds. The van der Waals surface area contributed by atoms with Crippen LogP contribution in [0.25, 0.3) is 0 Å². The molecule has 2 atom stereocenters. The molecule has 0 spiro atoms. The van der Waals surface area contributed by atoms with E-state index >= 15 is 0 Å². The van der Waals surface area contributed by atoms with Crippen LogP contribution in [0.1, 0.15) is 18.0 Å². The summed E-state index contributed by atoms with van der Waals surface area (Å²) in [5, 5.41) is 2.91. The second kappa shape index (κ2) is 5.97. The molecule has 0 aromatic carbocycles. The van der Waals surface area contributed by atoms with Crippen LogP contribution < -0.4 is 10.9 Å². The average Bonchev–Trinajstić information content (AvgIpc) is 2.40. The Kier molecular flexibility index (Phi) is 4.50. The first-order chi connectivity index (χ1) is 9.19. The lowest BCUT2D eigenvalue weighted by Gasteiger charge is -2.42. The van der Waals surface area contributed by atoms with Gasteiger partial charge in [-0.05, 0) is 25.5 Å². The Morgan fingerprint density at radius 2 is 2.15 bits per heavy atom. The molecule has 3 heterocycles. The van der Waals surface area contributed by atoms with E-state index in [1.54, 1.807) is 13.1 Å². The number of aromatic nitrogens is 1. The lowest BCUT2D eigenvalue weighted by atomic mass is 9.83. The van der Waals surface area contributed by atoms with E-state index in [0.29, 0.717) is 18.4 Å². The van der Waals surface area contributed by atoms with Gasteiger partial charge in [0.05, 0.1) is 6.54 Å². The van der Waals surface area contributed by atoms with Gasteiger partial charge in [-0.25, -0.2) is 0 Å². The Labute approximate surface area is 124 Å². The number of hydrogen-bond acceptors (Lipinski definition) is 3. The maximum Gasteiger partial charge on any atom is 0.250 e. The summed E-state index contributed by atoms with van der Waals surface area (Å²) in [7, 11) is 1.79. The van der Waals surface area contributed by atoms with Gasteiger partial charge in [0.1, 0.15) is 0 Å². The Balaban J connectivity index is 0.00000147. The van der Waals surface area contributed by atoms with Gasteiger partial charge in [-0.2, -0.15) is 0 Å². The van der Waals surface area contributed by atoms with Crippen molar-refractivity contribution >= 4 is 18.3 Å². The van der Waals surface area contributed by atoms with Crippen LogP contribution in [-0.4, -0.2) is 42.1 Å². The van der Waals surface area contributed by atoms with Gasteiger partial charge in [0.25, 0.3) is 5.56 Å². The second-order valence-electron chi connectivity index (χ2n) is 5.53. The fourth-order valence-electron chi connectivity index (χ4n) is 3.36. The lowest BCUT2D eigenvalue weighted by Crippen LogP contribution is -2.50. The maximum atomic E-state index is 12.0. The van der Waals surface area contributed by atoms with E-state index in [-0.39, 0.29) is 23.9 Å². The molecule has 1 aromatic rings. The molecule has 0 unspecified atom stereocenters. The van der Waals surface area contributed by atoms with E-state index in [9.17, 15) is 9.59 Å².